The lowest BCUT2D eigenvalue weighted by atomic mass is 9.70. The van der Waals surface area contributed by atoms with Crippen LogP contribution >= 0.6 is 0 Å². The molecule has 0 heterocycles. The van der Waals surface area contributed by atoms with Gasteiger partial charge in [0.05, 0.1) is 10.8 Å². The van der Waals surface area contributed by atoms with Crippen LogP contribution in [0, 0.1) is 0 Å². The van der Waals surface area contributed by atoms with E-state index < -0.39 is 0 Å². The summed E-state index contributed by atoms with van der Waals surface area (Å²) >= 11 is 0. The molecule has 55 heavy (non-hydrogen) atoms. The number of nitrogens with zero attached hydrogens (tertiary/aromatic N) is 1. The molecule has 0 bridgehead atoms. The van der Waals surface area contributed by atoms with E-state index in [1.807, 2.05) is 0 Å². The third-order valence-electron chi connectivity index (χ3n) is 13.1. The molecule has 0 fully saturated rings. The lowest BCUT2D eigenvalue weighted by Crippen LogP contribution is -2.38. The highest BCUT2D eigenvalue weighted by Crippen LogP contribution is 2.65. The number of hydrogen-bond acceptors (Lipinski definition) is 1. The smallest absolute Gasteiger partial charge is 0.0726 e. The van der Waals surface area contributed by atoms with Gasteiger partial charge in [0.25, 0.3) is 0 Å². The van der Waals surface area contributed by atoms with Gasteiger partial charge < -0.3 is 4.90 Å². The van der Waals surface area contributed by atoms with Crippen LogP contribution in [0.25, 0.3) is 44.5 Å². The average Bonchev–Trinajstić information content (AvgIpc) is 3.89. The highest BCUT2D eigenvalue weighted by atomic mass is 15.2. The van der Waals surface area contributed by atoms with Gasteiger partial charge in [-0.25, -0.2) is 0 Å². The van der Waals surface area contributed by atoms with Crippen molar-refractivity contribution in [3.8, 4) is 44.5 Å². The zero-order valence-electron chi connectivity index (χ0n) is 31.3. The van der Waals surface area contributed by atoms with Crippen molar-refractivity contribution in [2.24, 2.45) is 0 Å². The monoisotopic (exact) mass is 701 g/mol. The third-order valence-corrected chi connectivity index (χ3v) is 13.1. The molecule has 0 amide bonds. The number of rotatable bonds is 2. The molecule has 4 aliphatic rings. The number of benzene rings is 8. The first-order valence-corrected chi connectivity index (χ1v) is 19.6. The fraction of sp³-hybridized carbons (Fsp3) is 0.111. The van der Waals surface area contributed by atoms with Gasteiger partial charge in [-0.1, -0.05) is 158 Å². The molecule has 1 heteroatoms. The first-order valence-electron chi connectivity index (χ1n) is 19.6. The van der Waals surface area contributed by atoms with Crippen molar-refractivity contribution in [1.82, 2.24) is 0 Å². The summed E-state index contributed by atoms with van der Waals surface area (Å²) < 4.78 is 0. The largest absolute Gasteiger partial charge is 0.336 e. The van der Waals surface area contributed by atoms with E-state index in [0.29, 0.717) is 0 Å². The van der Waals surface area contributed by atoms with Crippen LogP contribution in [0.4, 0.5) is 11.4 Å². The van der Waals surface area contributed by atoms with Gasteiger partial charge >= 0.3 is 0 Å². The van der Waals surface area contributed by atoms with Crippen molar-refractivity contribution in [3.63, 3.8) is 0 Å². The molecule has 4 aliphatic carbocycles. The van der Waals surface area contributed by atoms with Gasteiger partial charge in [0, 0.05) is 16.9 Å². The SMILES string of the molecule is CC(C)(C)N(c1ccc2c(c1)C1(c3ccccc3-c3ccccc31)c1ccccc1-2)c1ccc2c(c1)C1(c3ccccc3-c3ccccc31)c1ccccc1-2. The van der Waals surface area contributed by atoms with Crippen molar-refractivity contribution in [1.29, 1.82) is 0 Å². The standard InChI is InChI=1S/C54H39N/c1-52(2,3)55(34-28-30-42-40-20-8-14-26-48(40)53(50(42)32-34)44-22-10-4-16-36(44)37-17-5-11-23-45(37)53)35-29-31-43-41-21-9-15-27-49(41)54(51(43)33-35)46-24-12-6-18-38(46)39-19-7-13-25-47(39)54/h4-33H,1-3H3. The fourth-order valence-corrected chi connectivity index (χ4v) is 11.4. The fourth-order valence-electron chi connectivity index (χ4n) is 11.4. The Morgan fingerprint density at radius 1 is 0.291 bits per heavy atom. The van der Waals surface area contributed by atoms with Gasteiger partial charge in [-0.3, -0.25) is 0 Å². The quantitative estimate of drug-likeness (QED) is 0.173. The van der Waals surface area contributed by atoms with E-state index in [4.69, 9.17) is 0 Å². The Hall–Kier alpha value is -6.44. The molecule has 8 aromatic rings. The highest BCUT2D eigenvalue weighted by molar-refractivity contribution is 5.98. The molecule has 260 valence electrons. The second kappa shape index (κ2) is 10.6. The van der Waals surface area contributed by atoms with Crippen molar-refractivity contribution < 1.29 is 0 Å². The molecule has 12 rings (SSSR count). The van der Waals surface area contributed by atoms with Crippen molar-refractivity contribution >= 4 is 11.4 Å². The normalized spacial score (nSPS) is 15.1. The average molecular weight is 702 g/mol. The molecule has 0 saturated heterocycles. The van der Waals surface area contributed by atoms with Crippen molar-refractivity contribution in [3.05, 3.63) is 226 Å². The summed E-state index contributed by atoms with van der Waals surface area (Å²) in [7, 11) is 0. The van der Waals surface area contributed by atoms with Gasteiger partial charge in [-0.05, 0) is 134 Å². The molecule has 0 radical (unpaired) electrons. The van der Waals surface area contributed by atoms with E-state index in [-0.39, 0.29) is 16.4 Å². The van der Waals surface area contributed by atoms with Crippen LogP contribution in [0.1, 0.15) is 65.3 Å². The van der Waals surface area contributed by atoms with E-state index in [1.165, 1.54) is 100 Å². The van der Waals surface area contributed by atoms with E-state index in [0.717, 1.165) is 0 Å². The van der Waals surface area contributed by atoms with Crippen LogP contribution in [0.15, 0.2) is 182 Å². The predicted molar refractivity (Wildman–Crippen MR) is 227 cm³/mol. The van der Waals surface area contributed by atoms with Crippen LogP contribution in [0.3, 0.4) is 0 Å². The molecule has 8 aromatic carbocycles. The summed E-state index contributed by atoms with van der Waals surface area (Å²) in [5.74, 6) is 0. The van der Waals surface area contributed by atoms with Gasteiger partial charge in [0.15, 0.2) is 0 Å². The van der Waals surface area contributed by atoms with E-state index in [9.17, 15) is 0 Å². The third kappa shape index (κ3) is 3.69. The topological polar surface area (TPSA) is 3.24 Å². The Labute approximate surface area is 323 Å². The molecule has 0 atom stereocenters. The molecular weight excluding hydrogens is 663 g/mol. The Balaban J connectivity index is 1.11. The van der Waals surface area contributed by atoms with Crippen LogP contribution in [-0.4, -0.2) is 5.54 Å². The summed E-state index contributed by atoms with van der Waals surface area (Å²) in [5, 5.41) is 0. The Bertz CT molecular complexity index is 2620. The molecule has 0 unspecified atom stereocenters. The van der Waals surface area contributed by atoms with Crippen LogP contribution in [-0.2, 0) is 10.8 Å². The Morgan fingerprint density at radius 3 is 0.782 bits per heavy atom. The predicted octanol–water partition coefficient (Wildman–Crippen LogP) is 13.3. The first-order chi connectivity index (χ1) is 26.9. The maximum absolute atomic E-state index is 2.58. The first kappa shape index (κ1) is 31.0. The minimum atomic E-state index is -0.389. The Kier molecular flexibility index (Phi) is 5.98. The zero-order chi connectivity index (χ0) is 36.7. The van der Waals surface area contributed by atoms with E-state index >= 15 is 0 Å². The summed E-state index contributed by atoms with van der Waals surface area (Å²) in [6.07, 6.45) is 0. The molecule has 2 spiro atoms. The maximum atomic E-state index is 2.58. The molecule has 1 nitrogen and oxygen atoms in total. The summed E-state index contributed by atoms with van der Waals surface area (Å²) in [6, 6.07) is 69.1. The second-order valence-electron chi connectivity index (χ2n) is 16.7. The van der Waals surface area contributed by atoms with Gasteiger partial charge in [0.1, 0.15) is 0 Å². The number of fused-ring (bicyclic) bond motifs is 20. The zero-order valence-corrected chi connectivity index (χ0v) is 31.3. The molecule has 0 saturated carbocycles. The minimum absolute atomic E-state index is 0.226. The Morgan fingerprint density at radius 2 is 0.527 bits per heavy atom. The van der Waals surface area contributed by atoms with Crippen LogP contribution in [0.2, 0.25) is 0 Å². The summed E-state index contributed by atoms with van der Waals surface area (Å²) in [4.78, 5) is 2.58. The van der Waals surface area contributed by atoms with Gasteiger partial charge in [-0.15, -0.1) is 0 Å². The molecule has 0 aliphatic heterocycles. The number of anilines is 2. The second-order valence-corrected chi connectivity index (χ2v) is 16.7. The van der Waals surface area contributed by atoms with Gasteiger partial charge in [-0.2, -0.15) is 0 Å². The van der Waals surface area contributed by atoms with Crippen LogP contribution < -0.4 is 4.90 Å². The minimum Gasteiger partial charge on any atom is -0.336 e. The summed E-state index contributed by atoms with van der Waals surface area (Å²) in [5.41, 5.74) is 23.0. The van der Waals surface area contributed by atoms with Crippen molar-refractivity contribution in [2.45, 2.75) is 37.1 Å². The van der Waals surface area contributed by atoms with Crippen molar-refractivity contribution in [2.75, 3.05) is 4.90 Å². The lowest BCUT2D eigenvalue weighted by molar-refractivity contribution is 0.559. The molecular formula is C54H39N. The summed E-state index contributed by atoms with van der Waals surface area (Å²) in [6.45, 7) is 7.05. The van der Waals surface area contributed by atoms with Crippen LogP contribution in [0.5, 0.6) is 0 Å². The van der Waals surface area contributed by atoms with Gasteiger partial charge in [0.2, 0.25) is 0 Å². The molecule has 0 N–H and O–H groups in total. The number of hydrogen-bond donors (Lipinski definition) is 0. The maximum Gasteiger partial charge on any atom is 0.0726 e. The molecule has 0 aromatic heterocycles. The highest BCUT2D eigenvalue weighted by Gasteiger charge is 2.53. The van der Waals surface area contributed by atoms with E-state index in [2.05, 4.69) is 208 Å². The van der Waals surface area contributed by atoms with E-state index in [1.54, 1.807) is 0 Å². The lowest BCUT2D eigenvalue weighted by Gasteiger charge is -2.40.